The molecule has 6 nitrogen and oxygen atoms in total. The first kappa shape index (κ1) is 12.5. The monoisotopic (exact) mass is 248 g/mol. The van der Waals surface area contributed by atoms with Crippen molar-refractivity contribution >= 4 is 0 Å². The number of aliphatic hydroxyl groups excluding tert-OH is 1. The van der Waals surface area contributed by atoms with Crippen molar-refractivity contribution in [3.05, 3.63) is 35.4 Å². The van der Waals surface area contributed by atoms with Gasteiger partial charge in [-0.1, -0.05) is 6.92 Å². The molecule has 0 aliphatic carbocycles. The molecular formula is C12H16N4O2. The van der Waals surface area contributed by atoms with E-state index in [1.54, 1.807) is 17.1 Å². The quantitative estimate of drug-likeness (QED) is 0.868. The Bertz CT molecular complexity index is 521. The van der Waals surface area contributed by atoms with E-state index in [0.717, 1.165) is 17.8 Å². The summed E-state index contributed by atoms with van der Waals surface area (Å²) in [7, 11) is 3.31. The number of hydrogen-bond donors (Lipinski definition) is 1. The number of methoxy groups -OCH3 is 1. The molecule has 0 saturated heterocycles. The van der Waals surface area contributed by atoms with E-state index in [2.05, 4.69) is 15.1 Å². The molecule has 18 heavy (non-hydrogen) atoms. The first-order chi connectivity index (χ1) is 8.65. The first-order valence-electron chi connectivity index (χ1n) is 5.72. The fourth-order valence-electron chi connectivity index (χ4n) is 1.72. The number of aliphatic hydroxyl groups is 1. The number of hydrogen-bond acceptors (Lipinski definition) is 5. The largest absolute Gasteiger partial charge is 0.467 e. The van der Waals surface area contributed by atoms with Crippen LogP contribution in [0.15, 0.2) is 18.5 Å². The molecule has 0 spiro atoms. The SMILES string of the molecule is CCc1cc(C(O)c2cnc(OC)nc2)n(C)n1. The Kier molecular flexibility index (Phi) is 3.57. The molecule has 0 aliphatic heterocycles. The Balaban J connectivity index is 2.28. The normalized spacial score (nSPS) is 12.4. The molecule has 0 bridgehead atoms. The molecule has 0 amide bonds. The highest BCUT2D eigenvalue weighted by Gasteiger charge is 2.16. The smallest absolute Gasteiger partial charge is 0.316 e. The van der Waals surface area contributed by atoms with Crippen LogP contribution in [-0.4, -0.2) is 32.0 Å². The van der Waals surface area contributed by atoms with E-state index < -0.39 is 6.10 Å². The van der Waals surface area contributed by atoms with E-state index >= 15 is 0 Å². The maximum atomic E-state index is 10.3. The van der Waals surface area contributed by atoms with Crippen LogP contribution in [0.4, 0.5) is 0 Å². The molecule has 6 heteroatoms. The summed E-state index contributed by atoms with van der Waals surface area (Å²) in [6.07, 6.45) is 3.15. The van der Waals surface area contributed by atoms with Gasteiger partial charge in [0.05, 0.1) is 18.5 Å². The Morgan fingerprint density at radius 3 is 2.56 bits per heavy atom. The summed E-state index contributed by atoms with van der Waals surface area (Å²) in [5.41, 5.74) is 2.28. The fourth-order valence-corrected chi connectivity index (χ4v) is 1.72. The molecular weight excluding hydrogens is 232 g/mol. The number of ether oxygens (including phenoxy) is 1. The minimum absolute atomic E-state index is 0.283. The van der Waals surface area contributed by atoms with Crippen molar-refractivity contribution < 1.29 is 9.84 Å². The molecule has 2 aromatic rings. The Labute approximate surface area is 105 Å². The van der Waals surface area contributed by atoms with Crippen LogP contribution in [0, 0.1) is 0 Å². The number of rotatable bonds is 4. The molecule has 1 unspecified atom stereocenters. The lowest BCUT2D eigenvalue weighted by Gasteiger charge is -2.10. The van der Waals surface area contributed by atoms with E-state index in [1.165, 1.54) is 7.11 Å². The summed E-state index contributed by atoms with van der Waals surface area (Å²) < 4.78 is 6.55. The molecule has 2 aromatic heterocycles. The second-order valence-electron chi connectivity index (χ2n) is 3.94. The molecule has 1 N–H and O–H groups in total. The Morgan fingerprint density at radius 1 is 1.39 bits per heavy atom. The predicted molar refractivity (Wildman–Crippen MR) is 65.2 cm³/mol. The molecule has 0 radical (unpaired) electrons. The highest BCUT2D eigenvalue weighted by atomic mass is 16.5. The topological polar surface area (TPSA) is 73.1 Å². The van der Waals surface area contributed by atoms with E-state index in [9.17, 15) is 5.11 Å². The van der Waals surface area contributed by atoms with Gasteiger partial charge in [0.1, 0.15) is 6.10 Å². The van der Waals surface area contributed by atoms with Crippen molar-refractivity contribution in [1.29, 1.82) is 0 Å². The van der Waals surface area contributed by atoms with Crippen molar-refractivity contribution in [3.63, 3.8) is 0 Å². The lowest BCUT2D eigenvalue weighted by molar-refractivity contribution is 0.208. The lowest BCUT2D eigenvalue weighted by Crippen LogP contribution is -2.07. The van der Waals surface area contributed by atoms with Crippen molar-refractivity contribution in [2.24, 2.45) is 7.05 Å². The summed E-state index contributed by atoms with van der Waals surface area (Å²) in [5.74, 6) is 0. The van der Waals surface area contributed by atoms with E-state index in [-0.39, 0.29) is 6.01 Å². The van der Waals surface area contributed by atoms with Crippen LogP contribution in [-0.2, 0) is 13.5 Å². The highest BCUT2D eigenvalue weighted by molar-refractivity contribution is 5.23. The van der Waals surface area contributed by atoms with Crippen LogP contribution < -0.4 is 4.74 Å². The number of aromatic nitrogens is 4. The standard InChI is InChI=1S/C12H16N4O2/c1-4-9-5-10(16(2)15-9)11(17)8-6-13-12(18-3)14-7-8/h5-7,11,17H,4H2,1-3H3. The summed E-state index contributed by atoms with van der Waals surface area (Å²) >= 11 is 0. The van der Waals surface area contributed by atoms with Gasteiger partial charge in [0.25, 0.3) is 0 Å². The van der Waals surface area contributed by atoms with Gasteiger partial charge in [-0.25, -0.2) is 9.97 Å². The zero-order valence-corrected chi connectivity index (χ0v) is 10.7. The van der Waals surface area contributed by atoms with Gasteiger partial charge < -0.3 is 9.84 Å². The molecule has 0 fully saturated rings. The Morgan fingerprint density at radius 2 is 2.06 bits per heavy atom. The Hall–Kier alpha value is -1.95. The van der Waals surface area contributed by atoms with Gasteiger partial charge in [0.15, 0.2) is 0 Å². The molecule has 2 rings (SSSR count). The van der Waals surface area contributed by atoms with Gasteiger partial charge in [-0.15, -0.1) is 0 Å². The minimum Gasteiger partial charge on any atom is -0.467 e. The molecule has 0 aliphatic rings. The lowest BCUT2D eigenvalue weighted by atomic mass is 10.1. The zero-order chi connectivity index (χ0) is 13.1. The second kappa shape index (κ2) is 5.14. The third kappa shape index (κ3) is 2.33. The van der Waals surface area contributed by atoms with Crippen LogP contribution in [0.2, 0.25) is 0 Å². The van der Waals surface area contributed by atoms with Crippen molar-refractivity contribution in [1.82, 2.24) is 19.7 Å². The fraction of sp³-hybridized carbons (Fsp3) is 0.417. The summed E-state index contributed by atoms with van der Waals surface area (Å²) in [6, 6.07) is 2.17. The van der Waals surface area contributed by atoms with Crippen LogP contribution in [0.1, 0.15) is 30.0 Å². The third-order valence-corrected chi connectivity index (χ3v) is 2.76. The average Bonchev–Trinajstić information content (AvgIpc) is 2.79. The van der Waals surface area contributed by atoms with Gasteiger partial charge in [0, 0.05) is 25.0 Å². The molecule has 0 aromatic carbocycles. The van der Waals surface area contributed by atoms with Gasteiger partial charge in [-0.3, -0.25) is 4.68 Å². The van der Waals surface area contributed by atoms with Crippen LogP contribution in [0.25, 0.3) is 0 Å². The number of nitrogens with zero attached hydrogens (tertiary/aromatic N) is 4. The van der Waals surface area contributed by atoms with Crippen molar-refractivity contribution in [2.45, 2.75) is 19.4 Å². The van der Waals surface area contributed by atoms with Crippen LogP contribution in [0.5, 0.6) is 6.01 Å². The molecule has 2 heterocycles. The first-order valence-corrected chi connectivity index (χ1v) is 5.72. The summed E-state index contributed by atoms with van der Waals surface area (Å²) in [4.78, 5) is 7.95. The zero-order valence-electron chi connectivity index (χ0n) is 10.7. The molecule has 1 atom stereocenters. The molecule has 0 saturated carbocycles. The van der Waals surface area contributed by atoms with E-state index in [1.807, 2.05) is 20.0 Å². The van der Waals surface area contributed by atoms with Gasteiger partial charge in [0.2, 0.25) is 0 Å². The highest BCUT2D eigenvalue weighted by Crippen LogP contribution is 2.21. The summed E-state index contributed by atoms with van der Waals surface area (Å²) in [5, 5.41) is 14.6. The minimum atomic E-state index is -0.784. The van der Waals surface area contributed by atoms with Crippen LogP contribution >= 0.6 is 0 Å². The van der Waals surface area contributed by atoms with Gasteiger partial charge >= 0.3 is 6.01 Å². The van der Waals surface area contributed by atoms with Crippen LogP contribution in [0.3, 0.4) is 0 Å². The summed E-state index contributed by atoms with van der Waals surface area (Å²) in [6.45, 7) is 2.02. The van der Waals surface area contributed by atoms with E-state index in [4.69, 9.17) is 4.74 Å². The average molecular weight is 248 g/mol. The maximum absolute atomic E-state index is 10.3. The second-order valence-corrected chi connectivity index (χ2v) is 3.94. The van der Waals surface area contributed by atoms with E-state index in [0.29, 0.717) is 5.56 Å². The third-order valence-electron chi connectivity index (χ3n) is 2.76. The molecule has 96 valence electrons. The predicted octanol–water partition coefficient (Wildman–Crippen LogP) is 0.863. The maximum Gasteiger partial charge on any atom is 0.316 e. The number of aryl methyl sites for hydroxylation is 2. The van der Waals surface area contributed by atoms with Gasteiger partial charge in [-0.05, 0) is 12.5 Å². The van der Waals surface area contributed by atoms with Crippen molar-refractivity contribution in [2.75, 3.05) is 7.11 Å². The van der Waals surface area contributed by atoms with Gasteiger partial charge in [-0.2, -0.15) is 5.10 Å². The van der Waals surface area contributed by atoms with Crippen molar-refractivity contribution in [3.8, 4) is 6.01 Å².